The van der Waals surface area contributed by atoms with Crippen molar-refractivity contribution in [3.05, 3.63) is 36.5 Å². The van der Waals surface area contributed by atoms with Crippen molar-refractivity contribution >= 4 is 13.7 Å². The average Bonchev–Trinajstić information content (AvgIpc) is 3.42. The molecule has 0 aliphatic carbocycles. The second kappa shape index (κ2) is 73.0. The van der Waals surface area contributed by atoms with Gasteiger partial charge >= 0.3 is 7.82 Å². The lowest BCUT2D eigenvalue weighted by molar-refractivity contribution is -0.870. The van der Waals surface area contributed by atoms with Gasteiger partial charge in [-0.2, -0.15) is 0 Å². The second-order valence-electron chi connectivity index (χ2n) is 29.5. The Bertz CT molecular complexity index is 1580. The van der Waals surface area contributed by atoms with Crippen LogP contribution in [0.1, 0.15) is 431 Å². The lowest BCUT2D eigenvalue weighted by atomic mass is 10.0. The number of carbonyl (C=O) groups is 1. The minimum Gasteiger partial charge on any atom is -0.391 e. The highest BCUT2D eigenvalue weighted by Gasteiger charge is 2.28. The summed E-state index contributed by atoms with van der Waals surface area (Å²) < 4.78 is 24.0. The van der Waals surface area contributed by atoms with E-state index < -0.39 is 20.0 Å². The molecule has 1 amide bonds. The summed E-state index contributed by atoms with van der Waals surface area (Å²) in [5.74, 6) is -0.134. The molecule has 0 spiro atoms. The van der Waals surface area contributed by atoms with E-state index in [0.717, 1.165) is 51.4 Å². The Hall–Kier alpha value is -1.28. The molecule has 0 aromatic heterocycles. The molecule has 0 aliphatic rings. The van der Waals surface area contributed by atoms with Gasteiger partial charge in [0.2, 0.25) is 5.91 Å². The summed E-state index contributed by atoms with van der Waals surface area (Å²) in [5.41, 5.74) is 0. The number of phosphoric acid groups is 1. The maximum atomic E-state index is 13.1. The number of rotatable bonds is 77. The van der Waals surface area contributed by atoms with Gasteiger partial charge in [0, 0.05) is 6.42 Å². The summed E-state index contributed by atoms with van der Waals surface area (Å²) in [4.78, 5) is 23.5. The molecule has 91 heavy (non-hydrogen) atoms. The van der Waals surface area contributed by atoms with E-state index >= 15 is 0 Å². The van der Waals surface area contributed by atoms with Crippen LogP contribution in [0.25, 0.3) is 0 Å². The quantitative estimate of drug-likeness (QED) is 0.0243. The number of quaternary nitrogens is 1. The van der Waals surface area contributed by atoms with Crippen LogP contribution in [0.15, 0.2) is 36.5 Å². The molecule has 0 bridgehead atoms. The number of likely N-dealkylation sites (N-methyl/N-ethyl adjacent to an activating group) is 1. The predicted octanol–water partition coefficient (Wildman–Crippen LogP) is 26.7. The van der Waals surface area contributed by atoms with E-state index in [1.54, 1.807) is 0 Å². The third-order valence-electron chi connectivity index (χ3n) is 19.1. The number of phosphoric ester groups is 1. The summed E-state index contributed by atoms with van der Waals surface area (Å²) in [6.07, 6.45) is 98.7. The molecule has 0 heterocycles. The predicted molar refractivity (Wildman–Crippen MR) is 401 cm³/mol. The Morgan fingerprint density at radius 3 is 0.912 bits per heavy atom. The number of nitrogens with one attached hydrogen (secondary N) is 1. The molecule has 3 N–H and O–H groups in total. The van der Waals surface area contributed by atoms with E-state index in [1.165, 1.54) is 353 Å². The van der Waals surface area contributed by atoms with Crippen LogP contribution in [0.3, 0.4) is 0 Å². The van der Waals surface area contributed by atoms with Crippen LogP contribution < -0.4 is 5.32 Å². The molecule has 0 fully saturated rings. The first kappa shape index (κ1) is 89.7. The van der Waals surface area contributed by atoms with E-state index in [0.29, 0.717) is 23.9 Å². The Kier molecular flexibility index (Phi) is 72.0. The number of hydrogen-bond acceptors (Lipinski definition) is 5. The molecule has 0 radical (unpaired) electrons. The monoisotopic (exact) mass is 1300 g/mol. The highest BCUT2D eigenvalue weighted by Crippen LogP contribution is 2.43. The largest absolute Gasteiger partial charge is 0.472 e. The lowest BCUT2D eigenvalue weighted by Crippen LogP contribution is -2.46. The number of unbranched alkanes of at least 4 members (excludes halogenated alkanes) is 58. The first-order chi connectivity index (χ1) is 44.5. The molecule has 3 unspecified atom stereocenters. The Balaban J connectivity index is 3.91. The zero-order chi connectivity index (χ0) is 66.2. The van der Waals surface area contributed by atoms with Gasteiger partial charge in [-0.05, 0) is 51.4 Å². The highest BCUT2D eigenvalue weighted by atomic mass is 31.2. The fraction of sp³-hybridized carbons (Fsp3) is 0.915. The summed E-state index contributed by atoms with van der Waals surface area (Å²) in [6.45, 7) is 4.95. The first-order valence-electron chi connectivity index (χ1n) is 40.9. The highest BCUT2D eigenvalue weighted by molar-refractivity contribution is 7.47. The van der Waals surface area contributed by atoms with E-state index in [1.807, 2.05) is 21.1 Å². The normalized spacial score (nSPS) is 13.6. The van der Waals surface area contributed by atoms with Crippen LogP contribution in [0.5, 0.6) is 0 Å². The van der Waals surface area contributed by atoms with Gasteiger partial charge < -0.3 is 19.8 Å². The third-order valence-corrected chi connectivity index (χ3v) is 20.1. The van der Waals surface area contributed by atoms with Crippen LogP contribution in [0, 0.1) is 0 Å². The number of hydrogen-bond donors (Lipinski definition) is 3. The summed E-state index contributed by atoms with van der Waals surface area (Å²) >= 11 is 0. The van der Waals surface area contributed by atoms with E-state index in [-0.39, 0.29) is 19.1 Å². The zero-order valence-corrected chi connectivity index (χ0v) is 63.0. The van der Waals surface area contributed by atoms with Crippen molar-refractivity contribution in [2.75, 3.05) is 40.9 Å². The minimum atomic E-state index is -4.33. The molecule has 0 saturated heterocycles. The number of carbonyl (C=O) groups excluding carboxylic acids is 1. The van der Waals surface area contributed by atoms with Gasteiger partial charge in [-0.3, -0.25) is 13.8 Å². The van der Waals surface area contributed by atoms with E-state index in [4.69, 9.17) is 9.05 Å². The van der Waals surface area contributed by atoms with Crippen molar-refractivity contribution in [1.82, 2.24) is 5.32 Å². The van der Waals surface area contributed by atoms with Gasteiger partial charge in [-0.25, -0.2) is 4.57 Å². The molecule has 9 heteroatoms. The van der Waals surface area contributed by atoms with Crippen molar-refractivity contribution in [3.63, 3.8) is 0 Å². The number of nitrogens with zero attached hydrogens (tertiary/aromatic N) is 1. The van der Waals surface area contributed by atoms with Crippen LogP contribution in [0.2, 0.25) is 0 Å². The van der Waals surface area contributed by atoms with E-state index in [9.17, 15) is 19.4 Å². The number of aliphatic hydroxyl groups is 1. The molecule has 0 aromatic rings. The number of amides is 1. The van der Waals surface area contributed by atoms with Crippen LogP contribution in [0.4, 0.5) is 0 Å². The minimum absolute atomic E-state index is 0.0774. The summed E-state index contributed by atoms with van der Waals surface area (Å²) in [5, 5.41) is 14.2. The summed E-state index contributed by atoms with van der Waals surface area (Å²) in [7, 11) is 1.64. The summed E-state index contributed by atoms with van der Waals surface area (Å²) in [6, 6.07) is -0.761. The smallest absolute Gasteiger partial charge is 0.391 e. The van der Waals surface area contributed by atoms with Crippen LogP contribution in [-0.2, 0) is 18.4 Å². The molecule has 3 atom stereocenters. The van der Waals surface area contributed by atoms with Gasteiger partial charge in [0.05, 0.1) is 39.9 Å². The Morgan fingerprint density at radius 1 is 0.374 bits per heavy atom. The SMILES string of the molecule is CCCCCCC/C=C\C/C=C\C/C=C\CCCCCCCCCCCCCCCCCCCCCCCCC(=O)NC(COP(=O)(O)OCC[N+](C)(C)C)C(O)CCCCCCCCCCCCCCCCCCCCCCCCCCCCCCCCCC. The lowest BCUT2D eigenvalue weighted by Gasteiger charge is -2.26. The fourth-order valence-corrected chi connectivity index (χ4v) is 13.6. The molecular weight excluding hydrogens is 1140 g/mol. The average molecular weight is 1300 g/mol. The Morgan fingerprint density at radius 2 is 0.626 bits per heavy atom. The van der Waals surface area contributed by atoms with Crippen molar-refractivity contribution in [2.45, 2.75) is 443 Å². The molecule has 540 valence electrons. The number of allylic oxidation sites excluding steroid dienone is 6. The topological polar surface area (TPSA) is 105 Å². The number of aliphatic hydroxyl groups excluding tert-OH is 1. The zero-order valence-electron chi connectivity index (χ0n) is 62.1. The van der Waals surface area contributed by atoms with Gasteiger partial charge in [-0.15, -0.1) is 0 Å². The van der Waals surface area contributed by atoms with Crippen molar-refractivity contribution in [1.29, 1.82) is 0 Å². The maximum Gasteiger partial charge on any atom is 0.472 e. The van der Waals surface area contributed by atoms with E-state index in [2.05, 4.69) is 55.6 Å². The van der Waals surface area contributed by atoms with Gasteiger partial charge in [-0.1, -0.05) is 410 Å². The Labute approximate surface area is 569 Å². The van der Waals surface area contributed by atoms with Gasteiger partial charge in [0.15, 0.2) is 0 Å². The maximum absolute atomic E-state index is 13.1. The third kappa shape index (κ3) is 76.0. The molecule has 0 rings (SSSR count). The van der Waals surface area contributed by atoms with Crippen molar-refractivity contribution < 1.29 is 32.9 Å². The van der Waals surface area contributed by atoms with Crippen LogP contribution in [-0.4, -0.2) is 73.4 Å². The van der Waals surface area contributed by atoms with Gasteiger partial charge in [0.25, 0.3) is 0 Å². The van der Waals surface area contributed by atoms with Gasteiger partial charge in [0.1, 0.15) is 13.2 Å². The molecule has 0 aromatic carbocycles. The standard InChI is InChI=1S/C82H161N2O6P/c1-6-8-10-12-14-16-18-20-22-24-26-28-30-32-34-36-38-40-41-42-43-44-46-48-50-52-54-56-58-60-62-64-66-68-70-72-74-76-82(86)83-80(79-90-91(87,88)89-78-77-84(3,4)5)81(85)75-73-71-69-67-65-63-61-59-57-55-53-51-49-47-45-39-37-35-33-31-29-27-25-23-21-19-17-15-13-11-9-7-2/h18,20,24,26,30,32,80-81,85H,6-17,19,21-23,25,27-29,31,33-79H2,1-5H3,(H-,83,86,87,88)/p+1/b20-18-,26-24-,32-30-. The molecule has 0 saturated carbocycles. The molecule has 8 nitrogen and oxygen atoms in total. The van der Waals surface area contributed by atoms with Crippen LogP contribution >= 0.6 is 7.82 Å². The molecule has 0 aliphatic heterocycles. The van der Waals surface area contributed by atoms with Crippen molar-refractivity contribution in [3.8, 4) is 0 Å². The van der Waals surface area contributed by atoms with Crippen molar-refractivity contribution in [2.24, 2.45) is 0 Å². The fourth-order valence-electron chi connectivity index (χ4n) is 12.8. The second-order valence-corrected chi connectivity index (χ2v) is 31.0. The first-order valence-corrected chi connectivity index (χ1v) is 42.3. The molecular formula is C82H162N2O6P+.